The van der Waals surface area contributed by atoms with Crippen molar-refractivity contribution in [3.05, 3.63) is 21.7 Å². The van der Waals surface area contributed by atoms with Crippen LogP contribution in [0.2, 0.25) is 0 Å². The van der Waals surface area contributed by atoms with Crippen LogP contribution in [0.1, 0.15) is 22.3 Å². The van der Waals surface area contributed by atoms with Gasteiger partial charge in [-0.2, -0.15) is 0 Å². The third kappa shape index (κ3) is 2.85. The standard InChI is InChI=1S/C12H13BrO4/c1-16-11-8(7-15)6-10(13)9(4-3-5-14)12(11)17-2/h5-7H,3-4H2,1-2H3. The fraction of sp³-hybridized carbons (Fsp3) is 0.333. The Hall–Kier alpha value is -1.36. The largest absolute Gasteiger partial charge is 0.493 e. The van der Waals surface area contributed by atoms with E-state index in [-0.39, 0.29) is 0 Å². The van der Waals surface area contributed by atoms with E-state index < -0.39 is 0 Å². The van der Waals surface area contributed by atoms with Gasteiger partial charge in [-0.3, -0.25) is 4.79 Å². The summed E-state index contributed by atoms with van der Waals surface area (Å²) in [4.78, 5) is 21.3. The zero-order valence-electron chi connectivity index (χ0n) is 9.66. The molecule has 0 unspecified atom stereocenters. The molecule has 1 aromatic carbocycles. The fourth-order valence-electron chi connectivity index (χ4n) is 1.62. The lowest BCUT2D eigenvalue weighted by Crippen LogP contribution is -2.01. The minimum atomic E-state index is 0.387. The molecule has 1 aromatic rings. The van der Waals surface area contributed by atoms with Gasteiger partial charge in [0.15, 0.2) is 17.8 Å². The Bertz CT molecular complexity index is 429. The number of halogens is 1. The van der Waals surface area contributed by atoms with Gasteiger partial charge in [0.25, 0.3) is 0 Å². The molecule has 0 heterocycles. The first-order chi connectivity index (χ1) is 8.19. The van der Waals surface area contributed by atoms with Crippen LogP contribution in [0.3, 0.4) is 0 Å². The fourth-order valence-corrected chi connectivity index (χ4v) is 2.24. The Labute approximate surface area is 108 Å². The summed E-state index contributed by atoms with van der Waals surface area (Å²) < 4.78 is 11.2. The molecule has 92 valence electrons. The molecule has 5 heteroatoms. The van der Waals surface area contributed by atoms with E-state index in [2.05, 4.69) is 15.9 Å². The molecule has 0 fully saturated rings. The van der Waals surface area contributed by atoms with Crippen molar-refractivity contribution in [3.8, 4) is 11.5 Å². The first kappa shape index (κ1) is 13.7. The number of carbonyl (C=O) groups excluding carboxylic acids is 2. The van der Waals surface area contributed by atoms with Crippen LogP contribution in [0, 0.1) is 0 Å². The van der Waals surface area contributed by atoms with E-state index >= 15 is 0 Å². The topological polar surface area (TPSA) is 52.6 Å². The second-order valence-electron chi connectivity index (χ2n) is 3.32. The zero-order chi connectivity index (χ0) is 12.8. The van der Waals surface area contributed by atoms with E-state index in [4.69, 9.17) is 9.47 Å². The van der Waals surface area contributed by atoms with Gasteiger partial charge in [0.05, 0.1) is 19.8 Å². The average Bonchev–Trinajstić information content (AvgIpc) is 2.35. The maximum absolute atomic E-state index is 10.9. The lowest BCUT2D eigenvalue weighted by atomic mass is 10.1. The van der Waals surface area contributed by atoms with Crippen LogP contribution in [0.5, 0.6) is 11.5 Å². The van der Waals surface area contributed by atoms with Gasteiger partial charge in [0, 0.05) is 16.5 Å². The monoisotopic (exact) mass is 300 g/mol. The lowest BCUT2D eigenvalue weighted by molar-refractivity contribution is -0.107. The SMILES string of the molecule is COc1c(C=O)cc(Br)c(CCC=O)c1OC. The van der Waals surface area contributed by atoms with Crippen molar-refractivity contribution in [2.24, 2.45) is 0 Å². The van der Waals surface area contributed by atoms with Crippen LogP contribution in [-0.2, 0) is 11.2 Å². The highest BCUT2D eigenvalue weighted by Crippen LogP contribution is 2.39. The maximum Gasteiger partial charge on any atom is 0.171 e. The minimum absolute atomic E-state index is 0.387. The molecule has 0 aliphatic carbocycles. The number of hydrogen-bond donors (Lipinski definition) is 0. The summed E-state index contributed by atoms with van der Waals surface area (Å²) in [5.74, 6) is 0.887. The number of ether oxygens (including phenoxy) is 2. The second-order valence-corrected chi connectivity index (χ2v) is 4.17. The van der Waals surface area contributed by atoms with Gasteiger partial charge in [-0.1, -0.05) is 15.9 Å². The van der Waals surface area contributed by atoms with Crippen LogP contribution in [0.25, 0.3) is 0 Å². The van der Waals surface area contributed by atoms with Crippen LogP contribution in [0.15, 0.2) is 10.5 Å². The Balaban J connectivity index is 3.37. The predicted octanol–water partition coefficient (Wildman–Crippen LogP) is 2.41. The van der Waals surface area contributed by atoms with E-state index in [1.54, 1.807) is 6.07 Å². The summed E-state index contributed by atoms with van der Waals surface area (Å²) in [6.07, 6.45) is 2.46. The molecule has 0 saturated carbocycles. The number of benzene rings is 1. The number of aldehydes is 2. The van der Waals surface area contributed by atoms with Crippen molar-refractivity contribution < 1.29 is 19.1 Å². The summed E-state index contributed by atoms with van der Waals surface area (Å²) in [7, 11) is 2.98. The molecule has 17 heavy (non-hydrogen) atoms. The minimum Gasteiger partial charge on any atom is -0.493 e. The molecular formula is C12H13BrO4. The Kier molecular flexibility index (Phi) is 5.15. The molecule has 0 aliphatic heterocycles. The normalized spacial score (nSPS) is 9.82. The lowest BCUT2D eigenvalue weighted by Gasteiger charge is -2.15. The summed E-state index contributed by atoms with van der Waals surface area (Å²) in [5.41, 5.74) is 1.23. The highest BCUT2D eigenvalue weighted by Gasteiger charge is 2.17. The Morgan fingerprint density at radius 3 is 2.35 bits per heavy atom. The summed E-state index contributed by atoms with van der Waals surface area (Å²) in [6, 6.07) is 1.66. The van der Waals surface area contributed by atoms with Gasteiger partial charge < -0.3 is 14.3 Å². The number of rotatable bonds is 6. The van der Waals surface area contributed by atoms with Gasteiger partial charge in [0.2, 0.25) is 0 Å². The van der Waals surface area contributed by atoms with Crippen LogP contribution >= 0.6 is 15.9 Å². The summed E-state index contributed by atoms with van der Waals surface area (Å²) in [5, 5.41) is 0. The van der Waals surface area contributed by atoms with Gasteiger partial charge in [-0.25, -0.2) is 0 Å². The van der Waals surface area contributed by atoms with Gasteiger partial charge in [-0.05, 0) is 12.5 Å². The molecule has 0 spiro atoms. The molecule has 0 saturated heterocycles. The van der Waals surface area contributed by atoms with Gasteiger partial charge in [0.1, 0.15) is 6.29 Å². The highest BCUT2D eigenvalue weighted by molar-refractivity contribution is 9.10. The summed E-state index contributed by atoms with van der Waals surface area (Å²) in [6.45, 7) is 0. The predicted molar refractivity (Wildman–Crippen MR) is 67.0 cm³/mol. The van der Waals surface area contributed by atoms with Gasteiger partial charge >= 0.3 is 0 Å². The van der Waals surface area contributed by atoms with Crippen molar-refractivity contribution in [3.63, 3.8) is 0 Å². The second kappa shape index (κ2) is 6.39. The molecule has 0 bridgehead atoms. The van der Waals surface area contributed by atoms with Crippen molar-refractivity contribution in [2.45, 2.75) is 12.8 Å². The molecule has 0 amide bonds. The number of carbonyl (C=O) groups is 2. The Morgan fingerprint density at radius 1 is 1.24 bits per heavy atom. The molecule has 0 radical (unpaired) electrons. The van der Waals surface area contributed by atoms with Crippen molar-refractivity contribution in [1.29, 1.82) is 0 Å². The van der Waals surface area contributed by atoms with Crippen LogP contribution < -0.4 is 9.47 Å². The number of hydrogen-bond acceptors (Lipinski definition) is 4. The van der Waals surface area contributed by atoms with Crippen LogP contribution in [-0.4, -0.2) is 26.8 Å². The van der Waals surface area contributed by atoms with E-state index in [0.29, 0.717) is 36.2 Å². The molecule has 0 aliphatic rings. The molecule has 1 rings (SSSR count). The highest BCUT2D eigenvalue weighted by atomic mass is 79.9. The molecule has 0 aromatic heterocycles. The maximum atomic E-state index is 10.9. The van der Waals surface area contributed by atoms with E-state index in [1.807, 2.05) is 0 Å². The number of methoxy groups -OCH3 is 2. The quantitative estimate of drug-likeness (QED) is 0.757. The van der Waals surface area contributed by atoms with E-state index in [1.165, 1.54) is 14.2 Å². The van der Waals surface area contributed by atoms with Crippen LogP contribution in [0.4, 0.5) is 0 Å². The van der Waals surface area contributed by atoms with E-state index in [0.717, 1.165) is 16.3 Å². The molecule has 4 nitrogen and oxygen atoms in total. The molecule has 0 N–H and O–H groups in total. The smallest absolute Gasteiger partial charge is 0.171 e. The Morgan fingerprint density at radius 2 is 1.88 bits per heavy atom. The summed E-state index contributed by atoms with van der Waals surface area (Å²) >= 11 is 3.36. The third-order valence-electron chi connectivity index (χ3n) is 2.36. The van der Waals surface area contributed by atoms with E-state index in [9.17, 15) is 9.59 Å². The zero-order valence-corrected chi connectivity index (χ0v) is 11.2. The molecular weight excluding hydrogens is 288 g/mol. The van der Waals surface area contributed by atoms with Crippen molar-refractivity contribution >= 4 is 28.5 Å². The van der Waals surface area contributed by atoms with Gasteiger partial charge in [-0.15, -0.1) is 0 Å². The average molecular weight is 301 g/mol. The first-order valence-electron chi connectivity index (χ1n) is 5.01. The first-order valence-corrected chi connectivity index (χ1v) is 5.81. The third-order valence-corrected chi connectivity index (χ3v) is 3.07. The van der Waals surface area contributed by atoms with Crippen molar-refractivity contribution in [2.75, 3.05) is 14.2 Å². The molecule has 0 atom stereocenters. The van der Waals surface area contributed by atoms with Crippen molar-refractivity contribution in [1.82, 2.24) is 0 Å².